The number of hydrogen-bond donors (Lipinski definition) is 1. The van der Waals surface area contributed by atoms with Gasteiger partial charge in [-0.25, -0.2) is 0 Å². The Kier molecular flexibility index (Phi) is 4.90. The third-order valence-electron chi connectivity index (χ3n) is 2.17. The maximum absolute atomic E-state index is 10.7. The minimum Gasteiger partial charge on any atom is -0.492 e. The smallest absolute Gasteiger partial charge is 0.273 e. The fraction of sp³-hybridized carbons (Fsp3) is 0.500. The van der Waals surface area contributed by atoms with E-state index in [0.717, 1.165) is 12.1 Å². The highest BCUT2D eigenvalue weighted by molar-refractivity contribution is 5.42. The number of rotatable bonds is 6. The zero-order chi connectivity index (χ0) is 12.8. The summed E-state index contributed by atoms with van der Waals surface area (Å²) in [6.07, 6.45) is 0. The van der Waals surface area contributed by atoms with Crippen molar-refractivity contribution in [2.75, 3.05) is 13.2 Å². The van der Waals surface area contributed by atoms with Crippen molar-refractivity contribution in [1.29, 1.82) is 0 Å². The van der Waals surface area contributed by atoms with Crippen molar-refractivity contribution in [2.24, 2.45) is 0 Å². The minimum atomic E-state index is -0.410. The first-order chi connectivity index (χ1) is 7.99. The van der Waals surface area contributed by atoms with Crippen LogP contribution in [0.3, 0.4) is 0 Å². The molecule has 1 N–H and O–H groups in total. The molecule has 0 aliphatic heterocycles. The van der Waals surface area contributed by atoms with Gasteiger partial charge in [-0.1, -0.05) is 13.8 Å². The molecule has 0 fully saturated rings. The first kappa shape index (κ1) is 13.4. The summed E-state index contributed by atoms with van der Waals surface area (Å²) in [6, 6.07) is 5.18. The molecule has 0 amide bonds. The first-order valence-corrected chi connectivity index (χ1v) is 5.61. The number of non-ortho nitro benzene ring substituents is 1. The molecule has 5 heteroatoms. The molecule has 0 atom stereocenters. The van der Waals surface area contributed by atoms with Crippen molar-refractivity contribution in [2.45, 2.75) is 26.8 Å². The summed E-state index contributed by atoms with van der Waals surface area (Å²) in [5.41, 5.74) is 0.892. The Morgan fingerprint density at radius 1 is 1.41 bits per heavy atom. The zero-order valence-corrected chi connectivity index (χ0v) is 10.4. The Balaban J connectivity index is 2.56. The summed E-state index contributed by atoms with van der Waals surface area (Å²) in [5, 5.41) is 13.9. The fourth-order valence-corrected chi connectivity index (χ4v) is 1.43. The van der Waals surface area contributed by atoms with Gasteiger partial charge < -0.3 is 10.1 Å². The second-order valence-corrected chi connectivity index (χ2v) is 4.22. The van der Waals surface area contributed by atoms with Crippen LogP contribution in [0.25, 0.3) is 0 Å². The lowest BCUT2D eigenvalue weighted by Crippen LogP contribution is -2.27. The van der Waals surface area contributed by atoms with Gasteiger partial charge in [-0.15, -0.1) is 0 Å². The van der Waals surface area contributed by atoms with Gasteiger partial charge in [-0.3, -0.25) is 10.1 Å². The third kappa shape index (κ3) is 4.82. The van der Waals surface area contributed by atoms with Crippen molar-refractivity contribution in [3.05, 3.63) is 33.9 Å². The van der Waals surface area contributed by atoms with E-state index in [0.29, 0.717) is 18.4 Å². The van der Waals surface area contributed by atoms with Gasteiger partial charge in [0.2, 0.25) is 0 Å². The molecular formula is C12H18N2O3. The molecule has 94 valence electrons. The van der Waals surface area contributed by atoms with Gasteiger partial charge in [-0.05, 0) is 18.6 Å². The highest BCUT2D eigenvalue weighted by Gasteiger charge is 2.08. The van der Waals surface area contributed by atoms with Crippen molar-refractivity contribution < 1.29 is 9.66 Å². The van der Waals surface area contributed by atoms with Crippen LogP contribution in [0.1, 0.15) is 19.4 Å². The number of aryl methyl sites for hydroxylation is 1. The Morgan fingerprint density at radius 2 is 2.12 bits per heavy atom. The maximum atomic E-state index is 10.7. The number of ether oxygens (including phenoxy) is 1. The molecule has 1 aromatic carbocycles. The van der Waals surface area contributed by atoms with Gasteiger partial charge >= 0.3 is 0 Å². The predicted molar refractivity (Wildman–Crippen MR) is 66.5 cm³/mol. The Hall–Kier alpha value is -1.62. The highest BCUT2D eigenvalue weighted by Crippen LogP contribution is 2.22. The van der Waals surface area contributed by atoms with Crippen LogP contribution in [-0.4, -0.2) is 24.1 Å². The molecule has 0 saturated heterocycles. The highest BCUT2D eigenvalue weighted by atomic mass is 16.6. The molecule has 0 heterocycles. The normalized spacial score (nSPS) is 10.6. The van der Waals surface area contributed by atoms with Crippen LogP contribution in [0.4, 0.5) is 5.69 Å². The molecule has 0 aliphatic rings. The van der Waals surface area contributed by atoms with Gasteiger partial charge in [0, 0.05) is 18.7 Å². The summed E-state index contributed by atoms with van der Waals surface area (Å²) in [7, 11) is 0. The predicted octanol–water partition coefficient (Wildman–Crippen LogP) is 2.28. The van der Waals surface area contributed by atoms with E-state index < -0.39 is 4.92 Å². The Morgan fingerprint density at radius 3 is 2.71 bits per heavy atom. The Labute approximate surface area is 101 Å². The van der Waals surface area contributed by atoms with Gasteiger partial charge in [0.05, 0.1) is 11.0 Å². The van der Waals surface area contributed by atoms with Crippen LogP contribution in [0, 0.1) is 17.0 Å². The number of hydrogen-bond acceptors (Lipinski definition) is 4. The molecule has 0 radical (unpaired) electrons. The monoisotopic (exact) mass is 238 g/mol. The number of nitrogens with one attached hydrogen (secondary N) is 1. The van der Waals surface area contributed by atoms with Crippen LogP contribution in [0.5, 0.6) is 5.75 Å². The molecule has 0 aromatic heterocycles. The summed E-state index contributed by atoms with van der Waals surface area (Å²) >= 11 is 0. The standard InChI is InChI=1S/C12H18N2O3/c1-9(2)13-4-5-17-12-7-10(3)6-11(8-12)14(15)16/h6-9,13H,4-5H2,1-3H3. The molecular weight excluding hydrogens is 220 g/mol. The van der Waals surface area contributed by atoms with E-state index in [9.17, 15) is 10.1 Å². The van der Waals surface area contributed by atoms with E-state index in [2.05, 4.69) is 19.2 Å². The van der Waals surface area contributed by atoms with Gasteiger partial charge in [-0.2, -0.15) is 0 Å². The van der Waals surface area contributed by atoms with Crippen molar-refractivity contribution in [1.82, 2.24) is 5.32 Å². The van der Waals surface area contributed by atoms with Crippen molar-refractivity contribution in [3.63, 3.8) is 0 Å². The first-order valence-electron chi connectivity index (χ1n) is 5.61. The second kappa shape index (κ2) is 6.20. The number of nitro benzene ring substituents is 1. The molecule has 1 rings (SSSR count). The van der Waals surface area contributed by atoms with Crippen LogP contribution in [0.15, 0.2) is 18.2 Å². The number of benzene rings is 1. The molecule has 0 spiro atoms. The maximum Gasteiger partial charge on any atom is 0.273 e. The molecule has 0 bridgehead atoms. The van der Waals surface area contributed by atoms with E-state index in [-0.39, 0.29) is 5.69 Å². The molecule has 0 unspecified atom stereocenters. The lowest BCUT2D eigenvalue weighted by molar-refractivity contribution is -0.385. The SMILES string of the molecule is Cc1cc(OCCNC(C)C)cc([N+](=O)[O-])c1. The van der Waals surface area contributed by atoms with Crippen LogP contribution >= 0.6 is 0 Å². The third-order valence-corrected chi connectivity index (χ3v) is 2.17. The van der Waals surface area contributed by atoms with Crippen molar-refractivity contribution >= 4 is 5.69 Å². The van der Waals surface area contributed by atoms with Gasteiger partial charge in [0.15, 0.2) is 0 Å². The summed E-state index contributed by atoms with van der Waals surface area (Å²) in [4.78, 5) is 10.3. The topological polar surface area (TPSA) is 64.4 Å². The molecule has 17 heavy (non-hydrogen) atoms. The van der Waals surface area contributed by atoms with Crippen LogP contribution < -0.4 is 10.1 Å². The average molecular weight is 238 g/mol. The molecule has 1 aromatic rings. The molecule has 5 nitrogen and oxygen atoms in total. The summed E-state index contributed by atoms with van der Waals surface area (Å²) < 4.78 is 5.46. The number of nitro groups is 1. The second-order valence-electron chi connectivity index (χ2n) is 4.22. The quantitative estimate of drug-likeness (QED) is 0.469. The Bertz CT molecular complexity index is 391. The van der Waals surface area contributed by atoms with E-state index in [1.54, 1.807) is 6.07 Å². The van der Waals surface area contributed by atoms with E-state index in [1.807, 2.05) is 6.92 Å². The van der Waals surface area contributed by atoms with Crippen LogP contribution in [-0.2, 0) is 0 Å². The average Bonchev–Trinajstić information content (AvgIpc) is 2.23. The largest absolute Gasteiger partial charge is 0.492 e. The molecule has 0 saturated carbocycles. The van der Waals surface area contributed by atoms with E-state index >= 15 is 0 Å². The van der Waals surface area contributed by atoms with E-state index in [4.69, 9.17) is 4.74 Å². The molecule has 0 aliphatic carbocycles. The van der Waals surface area contributed by atoms with E-state index in [1.165, 1.54) is 12.1 Å². The van der Waals surface area contributed by atoms with Crippen molar-refractivity contribution in [3.8, 4) is 5.75 Å². The minimum absolute atomic E-state index is 0.0665. The van der Waals surface area contributed by atoms with Gasteiger partial charge in [0.1, 0.15) is 12.4 Å². The lowest BCUT2D eigenvalue weighted by atomic mass is 10.2. The summed E-state index contributed by atoms with van der Waals surface area (Å²) in [6.45, 7) is 7.14. The zero-order valence-electron chi connectivity index (χ0n) is 10.4. The number of nitrogens with zero attached hydrogens (tertiary/aromatic N) is 1. The van der Waals surface area contributed by atoms with Gasteiger partial charge in [0.25, 0.3) is 5.69 Å². The lowest BCUT2D eigenvalue weighted by Gasteiger charge is -2.10. The summed E-state index contributed by atoms with van der Waals surface area (Å²) in [5.74, 6) is 0.544. The fourth-order valence-electron chi connectivity index (χ4n) is 1.43. The van der Waals surface area contributed by atoms with Crippen LogP contribution in [0.2, 0.25) is 0 Å².